The number of carboxylic acids is 1. The van der Waals surface area contributed by atoms with Gasteiger partial charge in [-0.1, -0.05) is 48.2 Å². The Hall–Kier alpha value is -3.11. The fraction of sp³-hybridized carbons (Fsp3) is 0.367. The third-order valence-electron chi connectivity index (χ3n) is 6.91. The zero-order valence-electron chi connectivity index (χ0n) is 22.9. The molecule has 2 N–H and O–H groups in total. The summed E-state index contributed by atoms with van der Waals surface area (Å²) in [6.45, 7) is 1.57. The maximum Gasteiger partial charge on any atom is 0.371 e. The van der Waals surface area contributed by atoms with E-state index >= 15 is 0 Å². The van der Waals surface area contributed by atoms with E-state index in [9.17, 15) is 14.7 Å². The first kappa shape index (κ1) is 30.8. The SMILES string of the molecule is CO/C(=C\c1c(Cl)cc(C(=O)Nc2nc(-c3cccc(CCCOCC4CCCC4)c3OC)cs2)cc1Cl)C(=O)O. The molecule has 3 aromatic rings. The fourth-order valence-corrected chi connectivity index (χ4v) is 6.13. The van der Waals surface area contributed by atoms with Crippen LogP contribution in [-0.4, -0.2) is 49.4 Å². The Balaban J connectivity index is 1.42. The number of carbonyl (C=O) groups is 2. The molecule has 1 aromatic heterocycles. The minimum atomic E-state index is -1.27. The van der Waals surface area contributed by atoms with Crippen LogP contribution in [0.15, 0.2) is 41.5 Å². The Kier molecular flexibility index (Phi) is 11.0. The fourth-order valence-electron chi connectivity index (χ4n) is 4.83. The van der Waals surface area contributed by atoms with Gasteiger partial charge >= 0.3 is 5.97 Å². The third kappa shape index (κ3) is 8.01. The van der Waals surface area contributed by atoms with Crippen LogP contribution in [0.1, 0.15) is 53.6 Å². The van der Waals surface area contributed by atoms with Crippen molar-refractivity contribution in [2.45, 2.75) is 38.5 Å². The predicted molar refractivity (Wildman–Crippen MR) is 162 cm³/mol. The third-order valence-corrected chi connectivity index (χ3v) is 8.29. The molecular formula is C30H32Cl2N2O6S. The number of anilines is 1. The van der Waals surface area contributed by atoms with E-state index in [0.717, 1.165) is 42.9 Å². The van der Waals surface area contributed by atoms with E-state index in [1.54, 1.807) is 7.11 Å². The number of halogens is 2. The molecule has 11 heteroatoms. The van der Waals surface area contributed by atoms with E-state index < -0.39 is 11.9 Å². The summed E-state index contributed by atoms with van der Waals surface area (Å²) in [6.07, 6.45) is 8.11. The Labute approximate surface area is 253 Å². The Morgan fingerprint density at radius 2 is 1.90 bits per heavy atom. The summed E-state index contributed by atoms with van der Waals surface area (Å²) in [5, 5.41) is 14.4. The Bertz CT molecular complexity index is 1390. The number of nitrogens with zero attached hydrogens (tertiary/aromatic N) is 1. The highest BCUT2D eigenvalue weighted by atomic mass is 35.5. The lowest BCUT2D eigenvalue weighted by Crippen LogP contribution is -2.12. The van der Waals surface area contributed by atoms with Gasteiger partial charge in [0.05, 0.1) is 30.0 Å². The van der Waals surface area contributed by atoms with Crippen LogP contribution >= 0.6 is 34.5 Å². The molecule has 1 fully saturated rings. The summed E-state index contributed by atoms with van der Waals surface area (Å²) in [7, 11) is 2.87. The largest absolute Gasteiger partial charge is 0.496 e. The van der Waals surface area contributed by atoms with Gasteiger partial charge in [-0.05, 0) is 61.4 Å². The number of hydrogen-bond acceptors (Lipinski definition) is 7. The van der Waals surface area contributed by atoms with Crippen molar-refractivity contribution < 1.29 is 28.9 Å². The van der Waals surface area contributed by atoms with E-state index in [1.807, 2.05) is 23.6 Å². The number of amides is 1. The first-order valence-electron chi connectivity index (χ1n) is 13.3. The molecule has 218 valence electrons. The van der Waals surface area contributed by atoms with E-state index in [4.69, 9.17) is 37.4 Å². The quantitative estimate of drug-likeness (QED) is 0.115. The minimum Gasteiger partial charge on any atom is -0.496 e. The zero-order valence-corrected chi connectivity index (χ0v) is 25.2. The van der Waals surface area contributed by atoms with Crippen LogP contribution in [0.2, 0.25) is 10.0 Å². The second kappa shape index (κ2) is 14.7. The average molecular weight is 620 g/mol. The van der Waals surface area contributed by atoms with E-state index in [1.165, 1.54) is 62.3 Å². The number of aromatic nitrogens is 1. The number of aliphatic carboxylic acids is 1. The first-order valence-corrected chi connectivity index (χ1v) is 14.9. The zero-order chi connectivity index (χ0) is 29.4. The number of rotatable bonds is 13. The second-order valence-electron chi connectivity index (χ2n) is 9.69. The highest BCUT2D eigenvalue weighted by Gasteiger charge is 2.19. The van der Waals surface area contributed by atoms with Crippen molar-refractivity contribution in [1.82, 2.24) is 4.98 Å². The van der Waals surface area contributed by atoms with Gasteiger partial charge in [-0.3, -0.25) is 10.1 Å². The molecule has 1 heterocycles. The number of ether oxygens (including phenoxy) is 3. The topological polar surface area (TPSA) is 107 Å². The molecule has 2 aromatic carbocycles. The average Bonchev–Trinajstić information content (AvgIpc) is 3.64. The van der Waals surface area contributed by atoms with Crippen LogP contribution in [0, 0.1) is 5.92 Å². The lowest BCUT2D eigenvalue weighted by molar-refractivity contribution is -0.135. The van der Waals surface area contributed by atoms with Gasteiger partial charge < -0.3 is 19.3 Å². The van der Waals surface area contributed by atoms with Gasteiger partial charge in [-0.15, -0.1) is 11.3 Å². The number of thiazole rings is 1. The van der Waals surface area contributed by atoms with Crippen LogP contribution in [0.25, 0.3) is 17.3 Å². The van der Waals surface area contributed by atoms with E-state index in [-0.39, 0.29) is 26.9 Å². The highest BCUT2D eigenvalue weighted by Crippen LogP contribution is 2.36. The number of aryl methyl sites for hydroxylation is 1. The summed E-state index contributed by atoms with van der Waals surface area (Å²) in [4.78, 5) is 28.8. The molecular weight excluding hydrogens is 587 g/mol. The van der Waals surface area contributed by atoms with Crippen molar-refractivity contribution in [2.24, 2.45) is 5.92 Å². The van der Waals surface area contributed by atoms with Crippen molar-refractivity contribution in [3.05, 3.63) is 68.2 Å². The second-order valence-corrected chi connectivity index (χ2v) is 11.4. The van der Waals surface area contributed by atoms with Crippen LogP contribution in [0.3, 0.4) is 0 Å². The van der Waals surface area contributed by atoms with Crippen LogP contribution in [0.5, 0.6) is 5.75 Å². The molecule has 4 rings (SSSR count). The summed E-state index contributed by atoms with van der Waals surface area (Å²) in [6, 6.07) is 8.78. The summed E-state index contributed by atoms with van der Waals surface area (Å²) >= 11 is 13.9. The molecule has 1 saturated carbocycles. The van der Waals surface area contributed by atoms with Gasteiger partial charge in [0, 0.05) is 35.3 Å². The number of methoxy groups -OCH3 is 2. The lowest BCUT2D eigenvalue weighted by atomic mass is 10.0. The molecule has 0 atom stereocenters. The number of carboxylic acid groups (broad SMARTS) is 1. The molecule has 0 bridgehead atoms. The molecule has 1 aliphatic rings. The molecule has 0 saturated heterocycles. The Morgan fingerprint density at radius 1 is 1.17 bits per heavy atom. The number of para-hydroxylation sites is 1. The monoisotopic (exact) mass is 618 g/mol. The van der Waals surface area contributed by atoms with Gasteiger partial charge in [0.1, 0.15) is 5.75 Å². The molecule has 8 nitrogen and oxygen atoms in total. The number of carbonyl (C=O) groups excluding carboxylic acids is 1. The normalized spacial score (nSPS) is 13.8. The standard InChI is InChI=1S/C30H32Cl2N2O6S/c1-38-26(29(36)37)15-22-23(31)13-20(14-24(22)32)28(35)34-30-33-25(17-41-30)21-11-5-9-19(27(21)39-2)10-6-12-40-16-18-7-3-4-8-18/h5,9,11,13-15,17-18H,3-4,6-8,10,12,16H2,1-2H3,(H,36,37)(H,33,34,35)/b26-15-. The minimum absolute atomic E-state index is 0.101. The molecule has 0 unspecified atom stereocenters. The van der Waals surface area contributed by atoms with Gasteiger partial charge in [0.25, 0.3) is 5.91 Å². The number of hydrogen-bond donors (Lipinski definition) is 2. The summed E-state index contributed by atoms with van der Waals surface area (Å²) in [5.74, 6) is -0.606. The molecule has 41 heavy (non-hydrogen) atoms. The van der Waals surface area contributed by atoms with Crippen molar-refractivity contribution in [3.63, 3.8) is 0 Å². The first-order chi connectivity index (χ1) is 19.8. The van der Waals surface area contributed by atoms with Crippen molar-refractivity contribution in [1.29, 1.82) is 0 Å². The molecule has 0 spiro atoms. The number of benzene rings is 2. The smallest absolute Gasteiger partial charge is 0.371 e. The van der Waals surface area contributed by atoms with Gasteiger partial charge in [0.15, 0.2) is 5.13 Å². The molecule has 0 aliphatic heterocycles. The van der Waals surface area contributed by atoms with Crippen LogP contribution in [0.4, 0.5) is 5.13 Å². The molecule has 1 amide bonds. The maximum absolute atomic E-state index is 13.0. The van der Waals surface area contributed by atoms with E-state index in [0.29, 0.717) is 16.7 Å². The highest BCUT2D eigenvalue weighted by molar-refractivity contribution is 7.14. The van der Waals surface area contributed by atoms with Crippen molar-refractivity contribution >= 4 is 57.6 Å². The van der Waals surface area contributed by atoms with Crippen molar-refractivity contribution in [3.8, 4) is 17.0 Å². The summed E-state index contributed by atoms with van der Waals surface area (Å²) < 4.78 is 16.5. The Morgan fingerprint density at radius 3 is 2.56 bits per heavy atom. The predicted octanol–water partition coefficient (Wildman–Crippen LogP) is 7.59. The molecule has 1 aliphatic carbocycles. The van der Waals surface area contributed by atoms with E-state index in [2.05, 4.69) is 10.3 Å². The molecule has 0 radical (unpaired) electrons. The van der Waals surface area contributed by atoms with Crippen LogP contribution < -0.4 is 10.1 Å². The lowest BCUT2D eigenvalue weighted by Gasteiger charge is -2.13. The van der Waals surface area contributed by atoms with Gasteiger partial charge in [-0.2, -0.15) is 0 Å². The van der Waals surface area contributed by atoms with Crippen molar-refractivity contribution in [2.75, 3.05) is 32.8 Å². The summed E-state index contributed by atoms with van der Waals surface area (Å²) in [5.41, 5.74) is 3.01. The maximum atomic E-state index is 13.0. The van der Waals surface area contributed by atoms with Gasteiger partial charge in [0.2, 0.25) is 5.76 Å². The van der Waals surface area contributed by atoms with Crippen LogP contribution in [-0.2, 0) is 20.7 Å². The number of nitrogens with one attached hydrogen (secondary N) is 1. The van der Waals surface area contributed by atoms with Gasteiger partial charge in [-0.25, -0.2) is 9.78 Å².